The Morgan fingerprint density at radius 3 is 2.67 bits per heavy atom. The second-order valence-electron chi connectivity index (χ2n) is 7.84. The summed E-state index contributed by atoms with van der Waals surface area (Å²) < 4.78 is 1.58. The number of aryl methyl sites for hydroxylation is 2. The van der Waals surface area contributed by atoms with E-state index in [0.717, 1.165) is 29.1 Å². The molecular weight excluding hydrogens is 485 g/mol. The number of aromatic nitrogens is 3. The van der Waals surface area contributed by atoms with Gasteiger partial charge in [0.05, 0.1) is 21.3 Å². The third-order valence-electron chi connectivity index (χ3n) is 5.71. The van der Waals surface area contributed by atoms with E-state index in [-0.39, 0.29) is 22.5 Å². The molecule has 0 spiro atoms. The van der Waals surface area contributed by atoms with Crippen molar-refractivity contribution in [1.29, 1.82) is 0 Å². The number of hydrogen-bond donors (Lipinski definition) is 0. The number of amides is 1. The third-order valence-corrected chi connectivity index (χ3v) is 7.48. The average Bonchev–Trinajstić information content (AvgIpc) is 3.37. The SMILES string of the molecule is Cc1nn(C)c(Cl)c1C=CC(=O)N1CCC(c2nc(-c3ccc(Cl)c([N+](=O)[O-])c3)cs2)CC1. The molecule has 8 nitrogen and oxygen atoms in total. The fourth-order valence-corrected chi connectivity index (χ4v) is 5.29. The van der Waals surface area contributed by atoms with Crippen LogP contribution in [0.3, 0.4) is 0 Å². The Hall–Kier alpha value is -2.75. The molecule has 1 aromatic carbocycles. The Balaban J connectivity index is 1.39. The quantitative estimate of drug-likeness (QED) is 0.259. The first-order valence-electron chi connectivity index (χ1n) is 10.3. The average molecular weight is 506 g/mol. The zero-order chi connectivity index (χ0) is 23.7. The molecule has 1 aliphatic rings. The summed E-state index contributed by atoms with van der Waals surface area (Å²) >= 11 is 13.7. The molecule has 0 N–H and O–H groups in total. The molecule has 0 unspecified atom stereocenters. The van der Waals surface area contributed by atoms with Crippen molar-refractivity contribution in [1.82, 2.24) is 19.7 Å². The summed E-state index contributed by atoms with van der Waals surface area (Å²) in [6.45, 7) is 3.12. The smallest absolute Gasteiger partial charge is 0.288 e. The molecule has 0 atom stereocenters. The zero-order valence-corrected chi connectivity index (χ0v) is 20.3. The Morgan fingerprint density at radius 1 is 1.30 bits per heavy atom. The van der Waals surface area contributed by atoms with Gasteiger partial charge in [-0.2, -0.15) is 5.10 Å². The molecule has 0 saturated carbocycles. The van der Waals surface area contributed by atoms with Gasteiger partial charge in [-0.25, -0.2) is 4.98 Å². The normalized spacial score (nSPS) is 14.8. The standard InChI is InChI=1S/C22H21Cl2N5O3S/c1-13-16(21(24)27(2)26-13)4-6-20(30)28-9-7-14(8-10-28)22-25-18(12-33-22)15-3-5-17(23)19(11-15)29(31)32/h3-6,11-12,14H,7-10H2,1-2H3. The van der Waals surface area contributed by atoms with Crippen LogP contribution in [0.2, 0.25) is 10.2 Å². The lowest BCUT2D eigenvalue weighted by Crippen LogP contribution is -2.36. The first-order chi connectivity index (χ1) is 15.7. The van der Waals surface area contributed by atoms with Gasteiger partial charge in [0, 0.05) is 54.7 Å². The predicted octanol–water partition coefficient (Wildman–Crippen LogP) is 5.49. The number of carbonyl (C=O) groups excluding carboxylic acids is 1. The molecule has 0 radical (unpaired) electrons. The molecule has 172 valence electrons. The highest BCUT2D eigenvalue weighted by Gasteiger charge is 2.25. The van der Waals surface area contributed by atoms with Gasteiger partial charge >= 0.3 is 0 Å². The lowest BCUT2D eigenvalue weighted by atomic mass is 9.97. The monoisotopic (exact) mass is 505 g/mol. The topological polar surface area (TPSA) is 94.2 Å². The van der Waals surface area contributed by atoms with Gasteiger partial charge in [-0.15, -0.1) is 11.3 Å². The number of nitrogens with zero attached hydrogens (tertiary/aromatic N) is 5. The van der Waals surface area contributed by atoms with Crippen LogP contribution in [-0.4, -0.2) is 43.6 Å². The second kappa shape index (κ2) is 9.62. The van der Waals surface area contributed by atoms with Gasteiger partial charge in [0.15, 0.2) is 0 Å². The van der Waals surface area contributed by atoms with Gasteiger partial charge < -0.3 is 4.90 Å². The van der Waals surface area contributed by atoms with E-state index in [2.05, 4.69) is 5.10 Å². The van der Waals surface area contributed by atoms with Crippen molar-refractivity contribution in [2.24, 2.45) is 7.05 Å². The van der Waals surface area contributed by atoms with Gasteiger partial charge in [0.2, 0.25) is 5.91 Å². The molecule has 1 fully saturated rings. The molecule has 3 heterocycles. The van der Waals surface area contributed by atoms with Crippen LogP contribution < -0.4 is 0 Å². The summed E-state index contributed by atoms with van der Waals surface area (Å²) in [5.74, 6) is 0.190. The molecule has 1 saturated heterocycles. The van der Waals surface area contributed by atoms with Crippen molar-refractivity contribution in [2.75, 3.05) is 13.1 Å². The van der Waals surface area contributed by atoms with Crippen LogP contribution >= 0.6 is 34.5 Å². The van der Waals surface area contributed by atoms with Crippen LogP contribution in [0.15, 0.2) is 29.7 Å². The molecule has 4 rings (SSSR count). The van der Waals surface area contributed by atoms with Crippen LogP contribution in [0, 0.1) is 17.0 Å². The van der Waals surface area contributed by atoms with Crippen molar-refractivity contribution in [3.8, 4) is 11.3 Å². The molecule has 0 bridgehead atoms. The van der Waals surface area contributed by atoms with Crippen LogP contribution in [0.1, 0.15) is 35.0 Å². The number of thiazole rings is 1. The van der Waals surface area contributed by atoms with Gasteiger partial charge in [0.1, 0.15) is 10.2 Å². The summed E-state index contributed by atoms with van der Waals surface area (Å²) in [5, 5.41) is 18.9. The first kappa shape index (κ1) is 23.4. The van der Waals surface area contributed by atoms with Crippen molar-refractivity contribution in [3.63, 3.8) is 0 Å². The summed E-state index contributed by atoms with van der Waals surface area (Å²) in [6.07, 6.45) is 4.88. The number of halogens is 2. The van der Waals surface area contributed by atoms with Gasteiger partial charge in [-0.05, 0) is 31.9 Å². The van der Waals surface area contributed by atoms with E-state index < -0.39 is 4.92 Å². The number of rotatable bonds is 5. The highest BCUT2D eigenvalue weighted by molar-refractivity contribution is 7.10. The van der Waals surface area contributed by atoms with E-state index in [4.69, 9.17) is 28.2 Å². The van der Waals surface area contributed by atoms with Gasteiger partial charge in [-0.1, -0.05) is 29.3 Å². The number of carbonyl (C=O) groups is 1. The molecule has 1 aliphatic heterocycles. The van der Waals surface area contributed by atoms with E-state index in [1.807, 2.05) is 17.2 Å². The predicted molar refractivity (Wildman–Crippen MR) is 130 cm³/mol. The Bertz CT molecular complexity index is 1240. The highest BCUT2D eigenvalue weighted by Crippen LogP contribution is 2.35. The minimum atomic E-state index is -0.496. The molecular formula is C22H21Cl2N5O3S. The van der Waals surface area contributed by atoms with Crippen molar-refractivity contribution in [3.05, 3.63) is 66.2 Å². The van der Waals surface area contributed by atoms with Crippen molar-refractivity contribution in [2.45, 2.75) is 25.7 Å². The largest absolute Gasteiger partial charge is 0.339 e. The molecule has 0 aliphatic carbocycles. The number of piperidine rings is 1. The maximum Gasteiger partial charge on any atom is 0.288 e. The van der Waals surface area contributed by atoms with E-state index in [1.165, 1.54) is 23.5 Å². The Labute approximate surface area is 204 Å². The summed E-state index contributed by atoms with van der Waals surface area (Å²) in [7, 11) is 1.76. The van der Waals surface area contributed by atoms with E-state index in [9.17, 15) is 14.9 Å². The van der Waals surface area contributed by atoms with Crippen molar-refractivity contribution >= 4 is 52.2 Å². The second-order valence-corrected chi connectivity index (χ2v) is 9.50. The Kier molecular flexibility index (Phi) is 6.83. The number of nitro benzene ring substituents is 1. The lowest BCUT2D eigenvalue weighted by molar-refractivity contribution is -0.384. The molecule has 1 amide bonds. The fourth-order valence-electron chi connectivity index (χ4n) is 3.86. The zero-order valence-electron chi connectivity index (χ0n) is 18.0. The molecule has 3 aromatic rings. The minimum Gasteiger partial charge on any atom is -0.339 e. The molecule has 11 heteroatoms. The van der Waals surface area contributed by atoms with E-state index in [1.54, 1.807) is 29.9 Å². The number of likely N-dealkylation sites (tertiary alicyclic amines) is 1. The Morgan fingerprint density at radius 2 is 2.03 bits per heavy atom. The highest BCUT2D eigenvalue weighted by atomic mass is 35.5. The number of nitro groups is 1. The number of hydrogen-bond acceptors (Lipinski definition) is 6. The molecule has 33 heavy (non-hydrogen) atoms. The fraction of sp³-hybridized carbons (Fsp3) is 0.318. The summed E-state index contributed by atoms with van der Waals surface area (Å²) in [6, 6.07) is 4.70. The summed E-state index contributed by atoms with van der Waals surface area (Å²) in [4.78, 5) is 29.8. The molecule has 2 aromatic heterocycles. The number of benzene rings is 1. The first-order valence-corrected chi connectivity index (χ1v) is 11.9. The van der Waals surface area contributed by atoms with Crippen LogP contribution in [0.5, 0.6) is 0 Å². The van der Waals surface area contributed by atoms with Crippen molar-refractivity contribution < 1.29 is 9.72 Å². The third kappa shape index (κ3) is 4.95. The van der Waals surface area contributed by atoms with Crippen LogP contribution in [-0.2, 0) is 11.8 Å². The van der Waals surface area contributed by atoms with E-state index in [0.29, 0.717) is 29.5 Å². The summed E-state index contributed by atoms with van der Waals surface area (Å²) in [5.41, 5.74) is 2.75. The van der Waals surface area contributed by atoms with Gasteiger partial charge in [-0.3, -0.25) is 19.6 Å². The van der Waals surface area contributed by atoms with E-state index >= 15 is 0 Å². The van der Waals surface area contributed by atoms with Crippen LogP contribution in [0.4, 0.5) is 5.69 Å². The van der Waals surface area contributed by atoms with Crippen LogP contribution in [0.25, 0.3) is 17.3 Å². The minimum absolute atomic E-state index is 0.0546. The lowest BCUT2D eigenvalue weighted by Gasteiger charge is -2.30. The maximum absolute atomic E-state index is 12.6. The maximum atomic E-state index is 12.6. The van der Waals surface area contributed by atoms with Gasteiger partial charge in [0.25, 0.3) is 5.69 Å².